The summed E-state index contributed by atoms with van der Waals surface area (Å²) in [5.41, 5.74) is 5.16. The molecule has 0 radical (unpaired) electrons. The second-order valence-corrected chi connectivity index (χ2v) is 5.26. The van der Waals surface area contributed by atoms with Crippen LogP contribution in [0.15, 0.2) is 21.1 Å². The molecular formula is C11H11Br2N3O. The fourth-order valence-electron chi connectivity index (χ4n) is 1.75. The number of aryl methyl sites for hydroxylation is 1. The molecule has 1 heterocycles. The van der Waals surface area contributed by atoms with Crippen LogP contribution in [0.5, 0.6) is 5.75 Å². The van der Waals surface area contributed by atoms with E-state index in [1.54, 1.807) is 7.11 Å². The van der Waals surface area contributed by atoms with Crippen molar-refractivity contribution in [3.05, 3.63) is 26.8 Å². The highest BCUT2D eigenvalue weighted by molar-refractivity contribution is 9.11. The maximum Gasteiger partial charge on any atom is 0.144 e. The van der Waals surface area contributed by atoms with Crippen molar-refractivity contribution in [2.24, 2.45) is 5.84 Å². The average molecular weight is 361 g/mol. The van der Waals surface area contributed by atoms with Crippen LogP contribution in [0.3, 0.4) is 0 Å². The molecular weight excluding hydrogens is 350 g/mol. The number of nitrogens with one attached hydrogen (secondary N) is 1. The summed E-state index contributed by atoms with van der Waals surface area (Å²) in [6.07, 6.45) is 0. The topological polar surface area (TPSA) is 60.2 Å². The standard InChI is InChI=1S/C11H11Br2N3O/c1-5-3-8(16-14)9-10(15-5)6(12)4-7(13)11(9)17-2/h3-4H,14H2,1-2H3,(H,15,16). The second kappa shape index (κ2) is 4.80. The molecule has 1 aromatic carbocycles. The molecule has 0 aliphatic carbocycles. The Balaban J connectivity index is 2.98. The number of nitrogens with two attached hydrogens (primary N) is 1. The molecule has 0 aliphatic rings. The number of anilines is 1. The number of fused-ring (bicyclic) bond motifs is 1. The largest absolute Gasteiger partial charge is 0.495 e. The molecule has 0 unspecified atom stereocenters. The quantitative estimate of drug-likeness (QED) is 0.636. The SMILES string of the molecule is COc1c(Br)cc(Br)c2nc(C)cc(NN)c12. The number of halogens is 2. The predicted molar refractivity (Wildman–Crippen MR) is 76.2 cm³/mol. The molecule has 0 bridgehead atoms. The summed E-state index contributed by atoms with van der Waals surface area (Å²) in [5.74, 6) is 6.26. The van der Waals surface area contributed by atoms with Gasteiger partial charge in [0.15, 0.2) is 0 Å². The first kappa shape index (κ1) is 12.6. The Hall–Kier alpha value is -0.850. The van der Waals surface area contributed by atoms with Crippen molar-refractivity contribution in [3.63, 3.8) is 0 Å². The average Bonchev–Trinajstić information content (AvgIpc) is 2.29. The molecule has 0 amide bonds. The van der Waals surface area contributed by atoms with Crippen molar-refractivity contribution in [1.29, 1.82) is 0 Å². The normalized spacial score (nSPS) is 10.6. The van der Waals surface area contributed by atoms with Gasteiger partial charge in [0.2, 0.25) is 0 Å². The molecule has 2 aromatic rings. The third kappa shape index (κ3) is 2.12. The van der Waals surface area contributed by atoms with Gasteiger partial charge in [-0.25, -0.2) is 0 Å². The van der Waals surface area contributed by atoms with Crippen molar-refractivity contribution < 1.29 is 4.74 Å². The van der Waals surface area contributed by atoms with Crippen LogP contribution in [0.25, 0.3) is 10.9 Å². The molecule has 17 heavy (non-hydrogen) atoms. The van der Waals surface area contributed by atoms with E-state index in [1.807, 2.05) is 19.1 Å². The van der Waals surface area contributed by atoms with Gasteiger partial charge in [-0.15, -0.1) is 0 Å². The summed E-state index contributed by atoms with van der Waals surface area (Å²) in [5, 5.41) is 0.849. The Morgan fingerprint density at radius 1 is 1.29 bits per heavy atom. The molecule has 1 aromatic heterocycles. The fraction of sp³-hybridized carbons (Fsp3) is 0.182. The molecule has 6 heteroatoms. The lowest BCUT2D eigenvalue weighted by molar-refractivity contribution is 0.417. The lowest BCUT2D eigenvalue weighted by Crippen LogP contribution is -2.08. The molecule has 0 spiro atoms. The van der Waals surface area contributed by atoms with Gasteiger partial charge in [-0.3, -0.25) is 10.8 Å². The number of pyridine rings is 1. The highest BCUT2D eigenvalue weighted by Crippen LogP contribution is 2.41. The van der Waals surface area contributed by atoms with E-state index in [9.17, 15) is 0 Å². The van der Waals surface area contributed by atoms with Gasteiger partial charge < -0.3 is 10.2 Å². The van der Waals surface area contributed by atoms with E-state index in [2.05, 4.69) is 42.3 Å². The maximum absolute atomic E-state index is 5.54. The first-order valence-electron chi connectivity index (χ1n) is 4.88. The van der Waals surface area contributed by atoms with E-state index in [0.717, 1.165) is 31.2 Å². The molecule has 2 rings (SSSR count). The van der Waals surface area contributed by atoms with Gasteiger partial charge in [-0.05, 0) is 50.9 Å². The maximum atomic E-state index is 5.54. The number of methoxy groups -OCH3 is 1. The third-order valence-corrected chi connectivity index (χ3v) is 3.62. The Labute approximate surface area is 116 Å². The Morgan fingerprint density at radius 2 is 2.00 bits per heavy atom. The summed E-state index contributed by atoms with van der Waals surface area (Å²) >= 11 is 6.95. The molecule has 0 saturated carbocycles. The van der Waals surface area contributed by atoms with Crippen LogP contribution < -0.4 is 16.0 Å². The number of nitrogens with zero attached hydrogens (tertiary/aromatic N) is 1. The monoisotopic (exact) mass is 359 g/mol. The van der Waals surface area contributed by atoms with Gasteiger partial charge in [0, 0.05) is 10.2 Å². The molecule has 0 saturated heterocycles. The highest BCUT2D eigenvalue weighted by atomic mass is 79.9. The third-order valence-electron chi connectivity index (χ3n) is 2.43. The molecule has 0 fully saturated rings. The van der Waals surface area contributed by atoms with Crippen LogP contribution in [0.2, 0.25) is 0 Å². The Bertz CT molecular complexity index is 587. The van der Waals surface area contributed by atoms with Gasteiger partial charge >= 0.3 is 0 Å². The van der Waals surface area contributed by atoms with Crippen LogP contribution in [-0.4, -0.2) is 12.1 Å². The van der Waals surface area contributed by atoms with E-state index in [-0.39, 0.29) is 0 Å². The minimum atomic E-state index is 0.712. The number of rotatable bonds is 2. The van der Waals surface area contributed by atoms with E-state index in [1.165, 1.54) is 0 Å². The van der Waals surface area contributed by atoms with Gasteiger partial charge in [0.05, 0.1) is 28.2 Å². The van der Waals surface area contributed by atoms with Crippen LogP contribution in [0.4, 0.5) is 5.69 Å². The van der Waals surface area contributed by atoms with Crippen molar-refractivity contribution in [1.82, 2.24) is 4.98 Å². The first-order valence-corrected chi connectivity index (χ1v) is 6.47. The number of hydrogen-bond acceptors (Lipinski definition) is 4. The van der Waals surface area contributed by atoms with Crippen molar-refractivity contribution in [3.8, 4) is 5.75 Å². The molecule has 4 nitrogen and oxygen atoms in total. The molecule has 0 atom stereocenters. The number of benzene rings is 1. The van der Waals surface area contributed by atoms with E-state index in [0.29, 0.717) is 5.75 Å². The van der Waals surface area contributed by atoms with Crippen LogP contribution >= 0.6 is 31.9 Å². The van der Waals surface area contributed by atoms with Crippen LogP contribution in [0, 0.1) is 6.92 Å². The van der Waals surface area contributed by atoms with E-state index < -0.39 is 0 Å². The zero-order valence-electron chi connectivity index (χ0n) is 9.34. The highest BCUT2D eigenvalue weighted by Gasteiger charge is 2.15. The summed E-state index contributed by atoms with van der Waals surface area (Å²) in [6.45, 7) is 1.92. The van der Waals surface area contributed by atoms with Crippen molar-refractivity contribution in [2.45, 2.75) is 6.92 Å². The summed E-state index contributed by atoms with van der Waals surface area (Å²) in [4.78, 5) is 4.49. The van der Waals surface area contributed by atoms with Crippen LogP contribution in [-0.2, 0) is 0 Å². The number of aromatic nitrogens is 1. The first-order chi connectivity index (χ1) is 8.08. The Morgan fingerprint density at radius 3 is 2.59 bits per heavy atom. The molecule has 0 aliphatic heterocycles. The Kier molecular flexibility index (Phi) is 3.56. The van der Waals surface area contributed by atoms with Gasteiger partial charge in [0.1, 0.15) is 5.75 Å². The smallest absolute Gasteiger partial charge is 0.144 e. The zero-order valence-corrected chi connectivity index (χ0v) is 12.5. The van der Waals surface area contributed by atoms with E-state index in [4.69, 9.17) is 10.6 Å². The van der Waals surface area contributed by atoms with E-state index >= 15 is 0 Å². The summed E-state index contributed by atoms with van der Waals surface area (Å²) in [7, 11) is 1.62. The fourth-order valence-corrected chi connectivity index (χ4v) is 3.17. The molecule has 3 N–H and O–H groups in total. The lowest BCUT2D eigenvalue weighted by Gasteiger charge is -2.13. The predicted octanol–water partition coefficient (Wildman–Crippen LogP) is 3.36. The van der Waals surface area contributed by atoms with Crippen LogP contribution in [0.1, 0.15) is 5.69 Å². The van der Waals surface area contributed by atoms with Gasteiger partial charge in [-0.1, -0.05) is 0 Å². The second-order valence-electron chi connectivity index (χ2n) is 3.55. The summed E-state index contributed by atoms with van der Waals surface area (Å²) < 4.78 is 7.13. The summed E-state index contributed by atoms with van der Waals surface area (Å²) in [6, 6.07) is 3.79. The number of hydrazine groups is 1. The molecule has 90 valence electrons. The lowest BCUT2D eigenvalue weighted by atomic mass is 10.1. The zero-order chi connectivity index (χ0) is 12.6. The van der Waals surface area contributed by atoms with Crippen molar-refractivity contribution in [2.75, 3.05) is 12.5 Å². The van der Waals surface area contributed by atoms with Gasteiger partial charge in [0.25, 0.3) is 0 Å². The minimum absolute atomic E-state index is 0.712. The van der Waals surface area contributed by atoms with Gasteiger partial charge in [-0.2, -0.15) is 0 Å². The van der Waals surface area contributed by atoms with Crippen molar-refractivity contribution >= 4 is 48.5 Å². The number of hydrogen-bond donors (Lipinski definition) is 2. The minimum Gasteiger partial charge on any atom is -0.495 e. The number of nitrogen functional groups attached to an aromatic ring is 1. The number of ether oxygens (including phenoxy) is 1.